The Morgan fingerprint density at radius 1 is 1.00 bits per heavy atom. The van der Waals surface area contributed by atoms with Crippen molar-refractivity contribution in [1.29, 1.82) is 0 Å². The van der Waals surface area contributed by atoms with E-state index in [2.05, 4.69) is 4.74 Å². The number of alkyl halides is 3. The fraction of sp³-hybridized carbons (Fsp3) is 0.0909. The van der Waals surface area contributed by atoms with Gasteiger partial charge in [0.15, 0.2) is 5.75 Å². The van der Waals surface area contributed by atoms with Crippen LogP contribution in [0.5, 0.6) is 5.75 Å². The highest BCUT2D eigenvalue weighted by Crippen LogP contribution is 2.33. The molecule has 0 saturated heterocycles. The Morgan fingerprint density at radius 3 is 2.38 bits per heavy atom. The number of nitrogen functional groups attached to an aromatic ring is 1. The van der Waals surface area contributed by atoms with Crippen molar-refractivity contribution in [3.63, 3.8) is 0 Å². The third kappa shape index (κ3) is 2.03. The topological polar surface area (TPSA) is 35.2 Å². The summed E-state index contributed by atoms with van der Waals surface area (Å²) in [4.78, 5) is 0. The van der Waals surface area contributed by atoms with Crippen molar-refractivity contribution < 1.29 is 17.9 Å². The zero-order chi connectivity index (χ0) is 11.8. The maximum absolute atomic E-state index is 12.0. The molecule has 0 radical (unpaired) electrons. The molecule has 0 atom stereocenters. The third-order valence-electron chi connectivity index (χ3n) is 2.16. The summed E-state index contributed by atoms with van der Waals surface area (Å²) >= 11 is 0. The molecule has 0 unspecified atom stereocenters. The number of nitrogens with two attached hydrogens (primary N) is 1. The second-order valence-corrected chi connectivity index (χ2v) is 3.25. The van der Waals surface area contributed by atoms with Gasteiger partial charge >= 0.3 is 6.36 Å². The van der Waals surface area contributed by atoms with E-state index in [-0.39, 0.29) is 11.4 Å². The van der Waals surface area contributed by atoms with E-state index in [9.17, 15) is 13.2 Å². The van der Waals surface area contributed by atoms with Crippen molar-refractivity contribution in [3.05, 3.63) is 36.4 Å². The first-order chi connectivity index (χ1) is 7.47. The second-order valence-electron chi connectivity index (χ2n) is 3.25. The molecule has 0 spiro atoms. The van der Waals surface area contributed by atoms with Gasteiger partial charge in [-0.25, -0.2) is 0 Å². The number of benzene rings is 2. The Hall–Kier alpha value is -1.91. The van der Waals surface area contributed by atoms with Crippen molar-refractivity contribution in [3.8, 4) is 5.75 Å². The molecule has 0 aliphatic carbocycles. The summed E-state index contributed by atoms with van der Waals surface area (Å²) < 4.78 is 39.9. The highest BCUT2D eigenvalue weighted by molar-refractivity contribution is 5.95. The summed E-state index contributed by atoms with van der Waals surface area (Å²) in [6.07, 6.45) is -4.73. The lowest BCUT2D eigenvalue weighted by atomic mass is 10.1. The van der Waals surface area contributed by atoms with Gasteiger partial charge in [-0.3, -0.25) is 0 Å². The van der Waals surface area contributed by atoms with Crippen LogP contribution in [0.3, 0.4) is 0 Å². The summed E-state index contributed by atoms with van der Waals surface area (Å²) in [7, 11) is 0. The first kappa shape index (κ1) is 10.6. The van der Waals surface area contributed by atoms with Gasteiger partial charge in [0.1, 0.15) is 0 Å². The van der Waals surface area contributed by atoms with Crippen molar-refractivity contribution in [2.45, 2.75) is 6.36 Å². The highest BCUT2D eigenvalue weighted by atomic mass is 19.4. The molecule has 5 heteroatoms. The molecule has 2 aromatic carbocycles. The van der Waals surface area contributed by atoms with Gasteiger partial charge in [-0.1, -0.05) is 30.3 Å². The zero-order valence-corrected chi connectivity index (χ0v) is 8.08. The lowest BCUT2D eigenvalue weighted by Crippen LogP contribution is -2.18. The van der Waals surface area contributed by atoms with Crippen molar-refractivity contribution in [2.75, 3.05) is 5.73 Å². The largest absolute Gasteiger partial charge is 0.573 e. The summed E-state index contributed by atoms with van der Waals surface area (Å²) in [5.74, 6) is -0.369. The van der Waals surface area contributed by atoms with Crippen LogP contribution in [-0.4, -0.2) is 6.36 Å². The molecule has 0 bridgehead atoms. The number of hydrogen-bond acceptors (Lipinski definition) is 2. The standard InChI is InChI=1S/C11H8F3NO/c12-11(13,14)16-9-6-5-7-3-1-2-4-8(7)10(9)15/h1-6H,15H2. The molecule has 0 saturated carbocycles. The molecule has 0 aliphatic heterocycles. The molecule has 0 amide bonds. The third-order valence-corrected chi connectivity index (χ3v) is 2.16. The predicted octanol–water partition coefficient (Wildman–Crippen LogP) is 3.32. The highest BCUT2D eigenvalue weighted by Gasteiger charge is 2.32. The number of rotatable bonds is 1. The smallest absolute Gasteiger partial charge is 0.404 e. The first-order valence-electron chi connectivity index (χ1n) is 4.50. The average Bonchev–Trinajstić information content (AvgIpc) is 2.21. The van der Waals surface area contributed by atoms with Gasteiger partial charge in [-0.15, -0.1) is 13.2 Å². The van der Waals surface area contributed by atoms with Gasteiger partial charge in [0.25, 0.3) is 0 Å². The van der Waals surface area contributed by atoms with Crippen LogP contribution in [-0.2, 0) is 0 Å². The molecule has 84 valence electrons. The summed E-state index contributed by atoms with van der Waals surface area (Å²) in [5, 5.41) is 1.32. The molecule has 0 fully saturated rings. The van der Waals surface area contributed by atoms with Crippen LogP contribution in [0.1, 0.15) is 0 Å². The van der Waals surface area contributed by atoms with Crippen molar-refractivity contribution >= 4 is 16.5 Å². The van der Waals surface area contributed by atoms with Gasteiger partial charge < -0.3 is 10.5 Å². The van der Waals surface area contributed by atoms with E-state index in [1.165, 1.54) is 12.1 Å². The average molecular weight is 227 g/mol. The molecule has 0 aromatic heterocycles. The van der Waals surface area contributed by atoms with Crippen molar-refractivity contribution in [2.24, 2.45) is 0 Å². The lowest BCUT2D eigenvalue weighted by molar-refractivity contribution is -0.274. The van der Waals surface area contributed by atoms with E-state index in [1.54, 1.807) is 24.3 Å². The minimum atomic E-state index is -4.73. The molecule has 0 aliphatic rings. The normalized spacial score (nSPS) is 11.7. The minimum absolute atomic E-state index is 0.00424. The van der Waals surface area contributed by atoms with E-state index in [1.807, 2.05) is 0 Å². The monoisotopic (exact) mass is 227 g/mol. The summed E-state index contributed by atoms with van der Waals surface area (Å²) in [6.45, 7) is 0. The molecule has 0 heterocycles. The van der Waals surface area contributed by atoms with Crippen LogP contribution in [0.2, 0.25) is 0 Å². The van der Waals surface area contributed by atoms with Crippen LogP contribution in [0.4, 0.5) is 18.9 Å². The van der Waals surface area contributed by atoms with Crippen molar-refractivity contribution in [1.82, 2.24) is 0 Å². The molecule has 2 nitrogen and oxygen atoms in total. The van der Waals surface area contributed by atoms with Gasteiger partial charge in [0.2, 0.25) is 0 Å². The SMILES string of the molecule is Nc1c(OC(F)(F)F)ccc2ccccc12. The van der Waals surface area contributed by atoms with Gasteiger partial charge in [0, 0.05) is 5.39 Å². The number of hydrogen-bond donors (Lipinski definition) is 1. The fourth-order valence-corrected chi connectivity index (χ4v) is 1.49. The van der Waals surface area contributed by atoms with Gasteiger partial charge in [-0.2, -0.15) is 0 Å². The Labute approximate surface area is 89.4 Å². The quantitative estimate of drug-likeness (QED) is 0.758. The molecule has 2 rings (SSSR count). The second kappa shape index (κ2) is 3.59. The van der Waals surface area contributed by atoms with E-state index < -0.39 is 6.36 Å². The van der Waals surface area contributed by atoms with E-state index in [0.717, 1.165) is 5.39 Å². The lowest BCUT2D eigenvalue weighted by Gasteiger charge is -2.12. The number of ether oxygens (including phenoxy) is 1. The first-order valence-corrected chi connectivity index (χ1v) is 4.50. The molecular weight excluding hydrogens is 219 g/mol. The van der Waals surface area contributed by atoms with E-state index in [0.29, 0.717) is 5.39 Å². The Bertz CT molecular complexity index is 522. The van der Waals surface area contributed by atoms with Crippen LogP contribution in [0.25, 0.3) is 10.8 Å². The van der Waals surface area contributed by atoms with Crippen LogP contribution in [0.15, 0.2) is 36.4 Å². The summed E-state index contributed by atoms with van der Waals surface area (Å²) in [5.41, 5.74) is 5.60. The maximum Gasteiger partial charge on any atom is 0.573 e. The Kier molecular flexibility index (Phi) is 2.38. The molecule has 2 N–H and O–H groups in total. The predicted molar refractivity (Wildman–Crippen MR) is 55.0 cm³/mol. The van der Waals surface area contributed by atoms with Crippen LogP contribution < -0.4 is 10.5 Å². The number of halogens is 3. The molecule has 16 heavy (non-hydrogen) atoms. The van der Waals surface area contributed by atoms with Crippen LogP contribution >= 0.6 is 0 Å². The van der Waals surface area contributed by atoms with E-state index >= 15 is 0 Å². The van der Waals surface area contributed by atoms with Gasteiger partial charge in [-0.05, 0) is 11.5 Å². The van der Waals surface area contributed by atoms with E-state index in [4.69, 9.17) is 5.73 Å². The Morgan fingerprint density at radius 2 is 1.69 bits per heavy atom. The zero-order valence-electron chi connectivity index (χ0n) is 8.08. The Balaban J connectivity index is 2.53. The maximum atomic E-state index is 12.0. The summed E-state index contributed by atoms with van der Waals surface area (Å²) in [6, 6.07) is 9.65. The number of anilines is 1. The van der Waals surface area contributed by atoms with Crippen LogP contribution in [0, 0.1) is 0 Å². The fourth-order valence-electron chi connectivity index (χ4n) is 1.49. The van der Waals surface area contributed by atoms with Gasteiger partial charge in [0.05, 0.1) is 5.69 Å². The number of fused-ring (bicyclic) bond motifs is 1. The molecular formula is C11H8F3NO. The minimum Gasteiger partial charge on any atom is -0.404 e. The molecule has 2 aromatic rings.